The number of halogens is 13. The van der Waals surface area contributed by atoms with Crippen LogP contribution in [0.15, 0.2) is 0 Å². The van der Waals surface area contributed by atoms with E-state index >= 15 is 0 Å². The first-order chi connectivity index (χ1) is 16.6. The van der Waals surface area contributed by atoms with Gasteiger partial charge in [-0.25, -0.2) is 4.79 Å². The molecule has 0 saturated heterocycles. The van der Waals surface area contributed by atoms with Gasteiger partial charge in [-0.15, -0.1) is 11.3 Å². The largest absolute Gasteiger partial charge is 0.462 e. The molecule has 212 valence electrons. The third-order valence-electron chi connectivity index (χ3n) is 5.26. The first-order valence-corrected chi connectivity index (χ1v) is 11.0. The minimum atomic E-state index is -8.12. The highest BCUT2D eigenvalue weighted by Crippen LogP contribution is 2.60. The van der Waals surface area contributed by atoms with Crippen molar-refractivity contribution >= 4 is 28.2 Å². The first kappa shape index (κ1) is 31.0. The van der Waals surface area contributed by atoms with Gasteiger partial charge in [-0.1, -0.05) is 6.92 Å². The number of rotatable bonds is 9. The summed E-state index contributed by atoms with van der Waals surface area (Å²) in [7, 11) is 0. The molecule has 37 heavy (non-hydrogen) atoms. The summed E-state index contributed by atoms with van der Waals surface area (Å²) in [6.45, 7) is 1.33. The van der Waals surface area contributed by atoms with Crippen LogP contribution in [-0.2, 0) is 22.4 Å². The minimum absolute atomic E-state index is 0.127. The van der Waals surface area contributed by atoms with E-state index in [-0.39, 0.29) is 31.4 Å². The predicted octanol–water partition coefficient (Wildman–Crippen LogP) is 6.87. The Morgan fingerprint density at radius 1 is 0.811 bits per heavy atom. The zero-order valence-corrected chi connectivity index (χ0v) is 19.1. The predicted molar refractivity (Wildman–Crippen MR) is 101 cm³/mol. The summed E-state index contributed by atoms with van der Waals surface area (Å²) >= 11 is 0.384. The lowest BCUT2D eigenvalue weighted by Crippen LogP contribution is -2.71. The Hall–Kier alpha value is -2.27. The van der Waals surface area contributed by atoms with E-state index in [2.05, 4.69) is 0 Å². The van der Waals surface area contributed by atoms with Gasteiger partial charge in [-0.3, -0.25) is 4.79 Å². The van der Waals surface area contributed by atoms with Gasteiger partial charge in [0.1, 0.15) is 5.00 Å². The second-order valence-corrected chi connectivity index (χ2v) is 8.98. The zero-order valence-electron chi connectivity index (χ0n) is 18.3. The monoisotopic (exact) mass is 585 g/mol. The number of aryl methyl sites for hydroxylation is 1. The highest BCUT2D eigenvalue weighted by atomic mass is 32.1. The van der Waals surface area contributed by atoms with Crippen LogP contribution < -0.4 is 5.32 Å². The SMILES string of the molecule is CCCOC(=O)c1c(NC(=O)C(F)(F)C(F)(F)C(F)(F)C(F)(F)C(F)(F)C(F)(F)F)sc2c1CCCC2. The molecular formula is C19H16F13NO3S. The second-order valence-electron chi connectivity index (χ2n) is 7.87. The molecule has 1 aromatic heterocycles. The highest BCUT2D eigenvalue weighted by Gasteiger charge is 2.91. The Morgan fingerprint density at radius 3 is 1.84 bits per heavy atom. The molecule has 1 amide bonds. The van der Waals surface area contributed by atoms with Crippen LogP contribution in [0.4, 0.5) is 62.1 Å². The molecule has 0 radical (unpaired) electrons. The molecule has 1 aliphatic carbocycles. The molecule has 1 N–H and O–H groups in total. The average Bonchev–Trinajstić information content (AvgIpc) is 3.13. The Balaban J connectivity index is 2.50. The molecule has 2 rings (SSSR count). The lowest BCUT2D eigenvalue weighted by molar-refractivity contribution is -0.435. The fourth-order valence-electron chi connectivity index (χ4n) is 3.23. The summed E-state index contributed by atoms with van der Waals surface area (Å²) < 4.78 is 178. The average molecular weight is 585 g/mol. The van der Waals surface area contributed by atoms with Crippen LogP contribution in [0, 0.1) is 0 Å². The number of carbonyl (C=O) groups is 2. The smallest absolute Gasteiger partial charge is 0.460 e. The third kappa shape index (κ3) is 4.84. The van der Waals surface area contributed by atoms with E-state index in [9.17, 15) is 66.7 Å². The molecule has 0 saturated carbocycles. The Bertz CT molecular complexity index is 1030. The molecule has 0 unspecified atom stereocenters. The summed E-state index contributed by atoms with van der Waals surface area (Å²) in [5.74, 6) is -43.6. The zero-order chi connectivity index (χ0) is 28.8. The van der Waals surface area contributed by atoms with E-state index in [0.717, 1.165) is 5.32 Å². The van der Waals surface area contributed by atoms with Crippen LogP contribution in [0.25, 0.3) is 0 Å². The maximum absolute atomic E-state index is 14.2. The maximum atomic E-state index is 14.2. The summed E-state index contributed by atoms with van der Waals surface area (Å²) in [6, 6.07) is 0. The molecule has 0 aromatic carbocycles. The quantitative estimate of drug-likeness (QED) is 0.254. The first-order valence-electron chi connectivity index (χ1n) is 10.2. The second kappa shape index (κ2) is 9.80. The van der Waals surface area contributed by atoms with Crippen LogP contribution in [0.1, 0.15) is 47.0 Å². The van der Waals surface area contributed by atoms with Crippen LogP contribution in [0.5, 0.6) is 0 Å². The molecule has 1 heterocycles. The van der Waals surface area contributed by atoms with Gasteiger partial charge in [0.15, 0.2) is 0 Å². The fraction of sp³-hybridized carbons (Fsp3) is 0.684. The van der Waals surface area contributed by atoms with Crippen molar-refractivity contribution in [2.45, 2.75) is 74.8 Å². The van der Waals surface area contributed by atoms with E-state index in [1.807, 2.05) is 0 Å². The molecule has 1 aliphatic rings. The van der Waals surface area contributed by atoms with Crippen LogP contribution >= 0.6 is 11.3 Å². The van der Waals surface area contributed by atoms with Gasteiger partial charge in [0.25, 0.3) is 0 Å². The van der Waals surface area contributed by atoms with Crippen molar-refractivity contribution < 1.29 is 71.4 Å². The number of carbonyl (C=O) groups excluding carboxylic acids is 2. The Labute approximate surface area is 203 Å². The van der Waals surface area contributed by atoms with Crippen molar-refractivity contribution in [2.24, 2.45) is 0 Å². The van der Waals surface area contributed by atoms with Crippen molar-refractivity contribution in [3.05, 3.63) is 16.0 Å². The fourth-order valence-corrected chi connectivity index (χ4v) is 4.50. The summed E-state index contributed by atoms with van der Waals surface area (Å²) in [5, 5.41) is 0.112. The number of ether oxygens (including phenoxy) is 1. The van der Waals surface area contributed by atoms with E-state index in [0.29, 0.717) is 29.1 Å². The summed E-state index contributed by atoms with van der Waals surface area (Å²) in [5.41, 5.74) is -0.439. The summed E-state index contributed by atoms with van der Waals surface area (Å²) in [6.07, 6.45) is -6.00. The van der Waals surface area contributed by atoms with Crippen LogP contribution in [0.2, 0.25) is 0 Å². The molecule has 0 aliphatic heterocycles. The molecule has 0 fully saturated rings. The van der Waals surface area contributed by atoms with Crippen molar-refractivity contribution in [1.29, 1.82) is 0 Å². The number of amides is 1. The molecule has 0 atom stereocenters. The van der Waals surface area contributed by atoms with Crippen molar-refractivity contribution in [1.82, 2.24) is 0 Å². The van der Waals surface area contributed by atoms with Gasteiger partial charge >= 0.3 is 47.7 Å². The van der Waals surface area contributed by atoms with Crippen molar-refractivity contribution in [3.63, 3.8) is 0 Å². The number of hydrogen-bond donors (Lipinski definition) is 1. The minimum Gasteiger partial charge on any atom is -0.462 e. The number of fused-ring (bicyclic) bond motifs is 1. The maximum Gasteiger partial charge on any atom is 0.460 e. The van der Waals surface area contributed by atoms with Crippen LogP contribution in [0.3, 0.4) is 0 Å². The number of hydrogen-bond acceptors (Lipinski definition) is 4. The topological polar surface area (TPSA) is 55.4 Å². The van der Waals surface area contributed by atoms with Gasteiger partial charge in [0, 0.05) is 4.88 Å². The van der Waals surface area contributed by atoms with E-state index < -0.39 is 58.2 Å². The lowest BCUT2D eigenvalue weighted by Gasteiger charge is -2.39. The standard InChI is InChI=1S/C19H16F13NO3S/c1-2-7-36-12(34)10-8-5-3-4-6-9(8)37-11(10)33-13(35)14(20,21)15(22,23)16(24,25)17(26,27)18(28,29)19(30,31)32/h2-7H2,1H3,(H,33,35). The number of nitrogens with one attached hydrogen (secondary N) is 1. The van der Waals surface area contributed by atoms with Gasteiger partial charge in [-0.05, 0) is 37.7 Å². The molecule has 1 aromatic rings. The molecule has 4 nitrogen and oxygen atoms in total. The molecule has 0 bridgehead atoms. The van der Waals surface area contributed by atoms with Gasteiger partial charge in [0.05, 0.1) is 12.2 Å². The van der Waals surface area contributed by atoms with Gasteiger partial charge < -0.3 is 10.1 Å². The Morgan fingerprint density at radius 2 is 1.32 bits per heavy atom. The van der Waals surface area contributed by atoms with E-state index in [1.165, 1.54) is 0 Å². The van der Waals surface area contributed by atoms with Crippen molar-refractivity contribution in [2.75, 3.05) is 11.9 Å². The third-order valence-corrected chi connectivity index (χ3v) is 6.47. The molecular weight excluding hydrogens is 569 g/mol. The Kier molecular flexibility index (Phi) is 8.20. The van der Waals surface area contributed by atoms with E-state index in [1.54, 1.807) is 6.92 Å². The normalized spacial score (nSPS) is 15.8. The molecule has 0 spiro atoms. The van der Waals surface area contributed by atoms with Crippen molar-refractivity contribution in [3.8, 4) is 0 Å². The number of thiophene rings is 1. The molecule has 18 heteroatoms. The van der Waals surface area contributed by atoms with E-state index in [4.69, 9.17) is 4.74 Å². The number of alkyl halides is 13. The number of esters is 1. The van der Waals surface area contributed by atoms with Gasteiger partial charge in [0.2, 0.25) is 0 Å². The highest BCUT2D eigenvalue weighted by molar-refractivity contribution is 7.17. The lowest BCUT2D eigenvalue weighted by atomic mass is 9.93. The summed E-state index contributed by atoms with van der Waals surface area (Å²) in [4.78, 5) is 24.6. The van der Waals surface area contributed by atoms with Gasteiger partial charge in [-0.2, -0.15) is 57.1 Å². The van der Waals surface area contributed by atoms with Crippen LogP contribution in [-0.4, -0.2) is 54.3 Å². The number of anilines is 1.